The summed E-state index contributed by atoms with van der Waals surface area (Å²) in [5, 5.41) is 0. The van der Waals surface area contributed by atoms with Crippen molar-refractivity contribution in [2.75, 3.05) is 44.2 Å². The molecule has 2 aromatic heterocycles. The predicted octanol–water partition coefficient (Wildman–Crippen LogP) is 2.24. The summed E-state index contributed by atoms with van der Waals surface area (Å²) in [5.74, 6) is 1.41. The molecule has 4 heterocycles. The maximum atomic E-state index is 13.0. The highest BCUT2D eigenvalue weighted by atomic mass is 16.3. The molecule has 1 amide bonds. The Morgan fingerprint density at radius 1 is 1.15 bits per heavy atom. The van der Waals surface area contributed by atoms with Gasteiger partial charge in [-0.2, -0.15) is 0 Å². The highest BCUT2D eigenvalue weighted by molar-refractivity contribution is 5.79. The van der Waals surface area contributed by atoms with Crippen molar-refractivity contribution in [2.45, 2.75) is 19.4 Å². The van der Waals surface area contributed by atoms with E-state index in [1.807, 2.05) is 29.3 Å². The van der Waals surface area contributed by atoms with E-state index in [1.54, 1.807) is 12.5 Å². The molecule has 2 aliphatic heterocycles. The highest BCUT2D eigenvalue weighted by Crippen LogP contribution is 2.22. The number of pyridine rings is 1. The normalized spacial score (nSPS) is 21.8. The smallest absolute Gasteiger partial charge is 0.227 e. The number of anilines is 1. The number of hydrogen-bond acceptors (Lipinski definition) is 5. The largest absolute Gasteiger partial charge is 0.468 e. The van der Waals surface area contributed by atoms with Crippen molar-refractivity contribution in [3.63, 3.8) is 0 Å². The van der Waals surface area contributed by atoms with Crippen LogP contribution in [0.2, 0.25) is 0 Å². The van der Waals surface area contributed by atoms with Crippen LogP contribution in [-0.2, 0) is 11.3 Å². The van der Waals surface area contributed by atoms with Crippen molar-refractivity contribution in [1.82, 2.24) is 14.8 Å². The van der Waals surface area contributed by atoms with Gasteiger partial charge in [0.1, 0.15) is 5.76 Å². The molecule has 0 N–H and O–H groups in total. The quantitative estimate of drug-likeness (QED) is 0.843. The SMILES string of the molecule is O=C([C@@H]1CCCN(Cc2ccco2)C1)N1CCN(c2cccnc2)CC1. The van der Waals surface area contributed by atoms with Gasteiger partial charge in [-0.3, -0.25) is 14.7 Å². The molecular formula is C20H26N4O2. The summed E-state index contributed by atoms with van der Waals surface area (Å²) in [5.41, 5.74) is 1.14. The third-order valence-electron chi connectivity index (χ3n) is 5.42. The number of carbonyl (C=O) groups is 1. The third-order valence-corrected chi connectivity index (χ3v) is 5.42. The first-order valence-corrected chi connectivity index (χ1v) is 9.48. The van der Waals surface area contributed by atoms with Crippen LogP contribution in [0.25, 0.3) is 0 Å². The van der Waals surface area contributed by atoms with Gasteiger partial charge >= 0.3 is 0 Å². The Kier molecular flexibility index (Phi) is 5.20. The topological polar surface area (TPSA) is 52.8 Å². The number of nitrogens with zero attached hydrogens (tertiary/aromatic N) is 4. The van der Waals surface area contributed by atoms with Crippen LogP contribution in [0.5, 0.6) is 0 Å². The van der Waals surface area contributed by atoms with Gasteiger partial charge in [0, 0.05) is 38.9 Å². The van der Waals surface area contributed by atoms with E-state index in [4.69, 9.17) is 4.42 Å². The van der Waals surface area contributed by atoms with Crippen molar-refractivity contribution in [3.05, 3.63) is 48.7 Å². The van der Waals surface area contributed by atoms with Gasteiger partial charge in [-0.25, -0.2) is 0 Å². The zero-order valence-corrected chi connectivity index (χ0v) is 15.1. The van der Waals surface area contributed by atoms with Crippen LogP contribution < -0.4 is 4.90 Å². The molecular weight excluding hydrogens is 328 g/mol. The number of carbonyl (C=O) groups excluding carboxylic acids is 1. The van der Waals surface area contributed by atoms with E-state index in [2.05, 4.69) is 20.9 Å². The molecule has 0 aliphatic carbocycles. The molecule has 2 aliphatic rings. The van der Waals surface area contributed by atoms with Crippen LogP contribution in [0.1, 0.15) is 18.6 Å². The summed E-state index contributed by atoms with van der Waals surface area (Å²) in [6, 6.07) is 7.97. The van der Waals surface area contributed by atoms with Crippen LogP contribution in [0.3, 0.4) is 0 Å². The molecule has 0 spiro atoms. The fourth-order valence-corrected chi connectivity index (χ4v) is 4.01. The highest BCUT2D eigenvalue weighted by Gasteiger charge is 2.31. The molecule has 6 nitrogen and oxygen atoms in total. The summed E-state index contributed by atoms with van der Waals surface area (Å²) in [6.07, 6.45) is 7.47. The lowest BCUT2D eigenvalue weighted by atomic mass is 9.96. The minimum absolute atomic E-state index is 0.114. The number of likely N-dealkylation sites (tertiary alicyclic amines) is 1. The molecule has 2 fully saturated rings. The summed E-state index contributed by atoms with van der Waals surface area (Å²) in [4.78, 5) is 23.9. The standard InChI is InChI=1S/C20H26N4O2/c25-20(17-4-2-8-22(15-17)16-19-6-3-13-26-19)24-11-9-23(10-12-24)18-5-1-7-21-14-18/h1,3,5-7,13-14,17H,2,4,8-12,15-16H2/t17-/m1/s1. The van der Waals surface area contributed by atoms with Gasteiger partial charge in [-0.1, -0.05) is 0 Å². The zero-order chi connectivity index (χ0) is 17.8. The predicted molar refractivity (Wildman–Crippen MR) is 99.7 cm³/mol. The van der Waals surface area contributed by atoms with E-state index in [-0.39, 0.29) is 5.92 Å². The molecule has 0 saturated carbocycles. The fourth-order valence-electron chi connectivity index (χ4n) is 4.01. The minimum atomic E-state index is 0.114. The lowest BCUT2D eigenvalue weighted by Crippen LogP contribution is -2.52. The summed E-state index contributed by atoms with van der Waals surface area (Å²) in [7, 11) is 0. The Morgan fingerprint density at radius 2 is 2.04 bits per heavy atom. The lowest BCUT2D eigenvalue weighted by Gasteiger charge is -2.39. The summed E-state index contributed by atoms with van der Waals surface area (Å²) < 4.78 is 5.45. The Morgan fingerprint density at radius 3 is 2.77 bits per heavy atom. The van der Waals surface area contributed by atoms with Crippen molar-refractivity contribution in [1.29, 1.82) is 0 Å². The Bertz CT molecular complexity index is 696. The molecule has 0 bridgehead atoms. The van der Waals surface area contributed by atoms with Crippen LogP contribution in [0.4, 0.5) is 5.69 Å². The lowest BCUT2D eigenvalue weighted by molar-refractivity contribution is -0.137. The Balaban J connectivity index is 1.30. The molecule has 6 heteroatoms. The van der Waals surface area contributed by atoms with Crippen LogP contribution in [0, 0.1) is 5.92 Å². The van der Waals surface area contributed by atoms with Gasteiger partial charge < -0.3 is 14.2 Å². The third kappa shape index (κ3) is 3.90. The van der Waals surface area contributed by atoms with Crippen LogP contribution >= 0.6 is 0 Å². The number of piperazine rings is 1. The van der Waals surface area contributed by atoms with Gasteiger partial charge in [0.15, 0.2) is 0 Å². The molecule has 1 atom stereocenters. The van der Waals surface area contributed by atoms with E-state index in [0.717, 1.165) is 70.1 Å². The average molecular weight is 354 g/mol. The second-order valence-corrected chi connectivity index (χ2v) is 7.18. The van der Waals surface area contributed by atoms with Gasteiger partial charge in [0.2, 0.25) is 5.91 Å². The van der Waals surface area contributed by atoms with Crippen molar-refractivity contribution < 1.29 is 9.21 Å². The van der Waals surface area contributed by atoms with E-state index in [9.17, 15) is 4.79 Å². The second kappa shape index (κ2) is 7.91. The fraction of sp³-hybridized carbons (Fsp3) is 0.500. The minimum Gasteiger partial charge on any atom is -0.468 e. The molecule has 0 aromatic carbocycles. The van der Waals surface area contributed by atoms with Crippen molar-refractivity contribution in [3.8, 4) is 0 Å². The first-order valence-electron chi connectivity index (χ1n) is 9.48. The molecule has 2 saturated heterocycles. The average Bonchev–Trinajstić information content (AvgIpc) is 3.21. The molecule has 138 valence electrons. The number of furan rings is 1. The Hall–Kier alpha value is -2.34. The van der Waals surface area contributed by atoms with Gasteiger partial charge in [-0.15, -0.1) is 0 Å². The first-order chi connectivity index (χ1) is 12.8. The molecule has 0 unspecified atom stereocenters. The van der Waals surface area contributed by atoms with Crippen LogP contribution in [-0.4, -0.2) is 60.0 Å². The second-order valence-electron chi connectivity index (χ2n) is 7.18. The van der Waals surface area contributed by atoms with Crippen LogP contribution in [0.15, 0.2) is 47.3 Å². The van der Waals surface area contributed by atoms with E-state index in [0.29, 0.717) is 5.91 Å². The molecule has 26 heavy (non-hydrogen) atoms. The van der Waals surface area contributed by atoms with Crippen molar-refractivity contribution in [2.24, 2.45) is 5.92 Å². The van der Waals surface area contributed by atoms with Gasteiger partial charge in [0.05, 0.1) is 30.6 Å². The number of piperidine rings is 1. The van der Waals surface area contributed by atoms with E-state index >= 15 is 0 Å². The number of rotatable bonds is 4. The zero-order valence-electron chi connectivity index (χ0n) is 15.1. The van der Waals surface area contributed by atoms with E-state index in [1.165, 1.54) is 0 Å². The van der Waals surface area contributed by atoms with E-state index < -0.39 is 0 Å². The number of hydrogen-bond donors (Lipinski definition) is 0. The first kappa shape index (κ1) is 17.1. The molecule has 4 rings (SSSR count). The maximum absolute atomic E-state index is 13.0. The van der Waals surface area contributed by atoms with Crippen molar-refractivity contribution >= 4 is 11.6 Å². The summed E-state index contributed by atoms with van der Waals surface area (Å²) in [6.45, 7) is 6.01. The molecule has 0 radical (unpaired) electrons. The number of aromatic nitrogens is 1. The maximum Gasteiger partial charge on any atom is 0.227 e. The molecule has 2 aromatic rings. The Labute approximate surface area is 154 Å². The van der Waals surface area contributed by atoms with Gasteiger partial charge in [0.25, 0.3) is 0 Å². The monoisotopic (exact) mass is 354 g/mol. The number of amides is 1. The summed E-state index contributed by atoms with van der Waals surface area (Å²) >= 11 is 0. The van der Waals surface area contributed by atoms with Gasteiger partial charge in [-0.05, 0) is 43.7 Å².